The minimum absolute atomic E-state index is 0.0276. The van der Waals surface area contributed by atoms with Gasteiger partial charge in [0.2, 0.25) is 0 Å². The summed E-state index contributed by atoms with van der Waals surface area (Å²) in [4.78, 5) is 26.4. The summed E-state index contributed by atoms with van der Waals surface area (Å²) in [6, 6.07) is 9.76. The Hall–Kier alpha value is -2.89. The predicted molar refractivity (Wildman–Crippen MR) is 75.4 cm³/mol. The van der Waals surface area contributed by atoms with Crippen molar-refractivity contribution in [1.29, 1.82) is 0 Å². The van der Waals surface area contributed by atoms with Crippen LogP contribution in [0, 0.1) is 0 Å². The molecule has 0 aliphatic heterocycles. The first-order valence-corrected chi connectivity index (χ1v) is 6.20. The maximum absolute atomic E-state index is 11.9. The topological polar surface area (TPSA) is 88.5 Å². The third kappa shape index (κ3) is 3.79. The third-order valence-corrected chi connectivity index (χ3v) is 2.85. The smallest absolute Gasteiger partial charge is 0.354 e. The van der Waals surface area contributed by atoms with Crippen LogP contribution in [0.15, 0.2) is 42.6 Å². The number of ether oxygens (including phenoxy) is 1. The molecular formula is C15H14N2O4. The Labute approximate surface area is 121 Å². The second-order valence-electron chi connectivity index (χ2n) is 4.27. The number of hydrogen-bond acceptors (Lipinski definition) is 4. The molecule has 2 N–H and O–H groups in total. The van der Waals surface area contributed by atoms with Crippen LogP contribution in [-0.2, 0) is 6.54 Å². The van der Waals surface area contributed by atoms with Gasteiger partial charge in [-0.05, 0) is 35.9 Å². The van der Waals surface area contributed by atoms with Crippen molar-refractivity contribution in [3.05, 3.63) is 59.4 Å². The normalized spacial score (nSPS) is 9.95. The monoisotopic (exact) mass is 286 g/mol. The number of aromatic carboxylic acids is 1. The van der Waals surface area contributed by atoms with Crippen molar-refractivity contribution in [1.82, 2.24) is 10.3 Å². The number of nitrogens with one attached hydrogen (secondary N) is 1. The van der Waals surface area contributed by atoms with Crippen molar-refractivity contribution in [3.8, 4) is 5.75 Å². The molecule has 2 aromatic rings. The Morgan fingerprint density at radius 1 is 1.19 bits per heavy atom. The maximum atomic E-state index is 11.9. The molecule has 1 aromatic heterocycles. The van der Waals surface area contributed by atoms with Gasteiger partial charge in [-0.3, -0.25) is 4.79 Å². The van der Waals surface area contributed by atoms with E-state index in [0.717, 1.165) is 5.56 Å². The lowest BCUT2D eigenvalue weighted by molar-refractivity contribution is 0.0690. The van der Waals surface area contributed by atoms with Crippen LogP contribution in [-0.4, -0.2) is 29.1 Å². The molecule has 1 aromatic carbocycles. The molecule has 1 amide bonds. The van der Waals surface area contributed by atoms with Gasteiger partial charge in [-0.2, -0.15) is 0 Å². The lowest BCUT2D eigenvalue weighted by atomic mass is 10.2. The number of amides is 1. The fourth-order valence-corrected chi connectivity index (χ4v) is 1.68. The van der Waals surface area contributed by atoms with Gasteiger partial charge in [0.05, 0.1) is 7.11 Å². The molecule has 1 heterocycles. The zero-order valence-corrected chi connectivity index (χ0v) is 11.4. The van der Waals surface area contributed by atoms with E-state index < -0.39 is 5.97 Å². The van der Waals surface area contributed by atoms with Gasteiger partial charge in [-0.25, -0.2) is 9.78 Å². The zero-order valence-electron chi connectivity index (χ0n) is 11.4. The average Bonchev–Trinajstić information content (AvgIpc) is 2.53. The van der Waals surface area contributed by atoms with Gasteiger partial charge in [-0.1, -0.05) is 6.07 Å². The molecule has 0 aliphatic rings. The molecule has 0 saturated heterocycles. The predicted octanol–water partition coefficient (Wildman–Crippen LogP) is 1.72. The summed E-state index contributed by atoms with van der Waals surface area (Å²) in [6.07, 6.45) is 1.43. The number of carbonyl (C=O) groups is 2. The largest absolute Gasteiger partial charge is 0.497 e. The molecular weight excluding hydrogens is 272 g/mol. The van der Waals surface area contributed by atoms with Crippen LogP contribution in [0.3, 0.4) is 0 Å². The number of carbonyl (C=O) groups excluding carboxylic acids is 1. The number of hydrogen-bond donors (Lipinski definition) is 2. The minimum atomic E-state index is -1.08. The summed E-state index contributed by atoms with van der Waals surface area (Å²) >= 11 is 0. The van der Waals surface area contributed by atoms with Gasteiger partial charge in [0.1, 0.15) is 11.4 Å². The van der Waals surface area contributed by atoms with E-state index in [0.29, 0.717) is 11.3 Å². The lowest BCUT2D eigenvalue weighted by Crippen LogP contribution is -2.22. The van der Waals surface area contributed by atoms with Crippen LogP contribution >= 0.6 is 0 Å². The van der Waals surface area contributed by atoms with E-state index in [2.05, 4.69) is 10.3 Å². The number of benzene rings is 1. The fraction of sp³-hybridized carbons (Fsp3) is 0.133. The Bertz CT molecular complexity index is 636. The number of carboxylic acids is 1. The molecule has 0 fully saturated rings. The van der Waals surface area contributed by atoms with E-state index >= 15 is 0 Å². The van der Waals surface area contributed by atoms with E-state index in [1.165, 1.54) is 12.3 Å². The van der Waals surface area contributed by atoms with Crippen LogP contribution in [0.2, 0.25) is 0 Å². The summed E-state index contributed by atoms with van der Waals surface area (Å²) in [5, 5.41) is 11.5. The average molecular weight is 286 g/mol. The SMILES string of the molecule is COc1ccc(C(=O)NCc2ccc(C(=O)O)nc2)cc1. The Balaban J connectivity index is 1.95. The first-order valence-electron chi connectivity index (χ1n) is 6.20. The van der Waals surface area contributed by atoms with Crippen LogP contribution in [0.5, 0.6) is 5.75 Å². The number of aromatic nitrogens is 1. The van der Waals surface area contributed by atoms with Crippen LogP contribution in [0.25, 0.3) is 0 Å². The Kier molecular flexibility index (Phi) is 4.50. The zero-order chi connectivity index (χ0) is 15.2. The molecule has 108 valence electrons. The van der Waals surface area contributed by atoms with Gasteiger partial charge in [0.15, 0.2) is 0 Å². The van der Waals surface area contributed by atoms with Crippen molar-refractivity contribution in [2.75, 3.05) is 7.11 Å². The maximum Gasteiger partial charge on any atom is 0.354 e. The van der Waals surface area contributed by atoms with Gasteiger partial charge < -0.3 is 15.2 Å². The van der Waals surface area contributed by atoms with Crippen molar-refractivity contribution in [3.63, 3.8) is 0 Å². The molecule has 0 unspecified atom stereocenters. The molecule has 21 heavy (non-hydrogen) atoms. The second-order valence-corrected chi connectivity index (χ2v) is 4.27. The molecule has 0 aliphatic carbocycles. The Morgan fingerprint density at radius 2 is 1.90 bits per heavy atom. The summed E-state index contributed by atoms with van der Waals surface area (Å²) in [6.45, 7) is 0.276. The van der Waals surface area contributed by atoms with Crippen molar-refractivity contribution >= 4 is 11.9 Å². The summed E-state index contributed by atoms with van der Waals surface area (Å²) in [5.41, 5.74) is 1.22. The number of pyridine rings is 1. The standard InChI is InChI=1S/C15H14N2O4/c1-21-12-5-3-11(4-6-12)14(18)17-9-10-2-7-13(15(19)20)16-8-10/h2-8H,9H2,1H3,(H,17,18)(H,19,20). The number of methoxy groups -OCH3 is 1. The minimum Gasteiger partial charge on any atom is -0.497 e. The second kappa shape index (κ2) is 6.51. The molecule has 6 nitrogen and oxygen atoms in total. The van der Waals surface area contributed by atoms with Gasteiger partial charge in [0.25, 0.3) is 5.91 Å². The highest BCUT2D eigenvalue weighted by molar-refractivity contribution is 5.94. The fourth-order valence-electron chi connectivity index (χ4n) is 1.68. The third-order valence-electron chi connectivity index (χ3n) is 2.85. The summed E-state index contributed by atoms with van der Waals surface area (Å²) in [7, 11) is 1.56. The van der Waals surface area contributed by atoms with Crippen molar-refractivity contribution in [2.45, 2.75) is 6.54 Å². The van der Waals surface area contributed by atoms with Crippen LogP contribution < -0.4 is 10.1 Å². The molecule has 0 saturated carbocycles. The Morgan fingerprint density at radius 3 is 2.43 bits per heavy atom. The van der Waals surface area contributed by atoms with Crippen LogP contribution in [0.1, 0.15) is 26.4 Å². The van der Waals surface area contributed by atoms with E-state index in [9.17, 15) is 9.59 Å². The molecule has 6 heteroatoms. The van der Waals surface area contributed by atoms with Crippen molar-refractivity contribution in [2.24, 2.45) is 0 Å². The van der Waals surface area contributed by atoms with Crippen molar-refractivity contribution < 1.29 is 19.4 Å². The van der Waals surface area contributed by atoms with E-state index in [4.69, 9.17) is 9.84 Å². The number of carboxylic acid groups (broad SMARTS) is 1. The van der Waals surface area contributed by atoms with Gasteiger partial charge in [-0.15, -0.1) is 0 Å². The van der Waals surface area contributed by atoms with E-state index in [1.807, 2.05) is 0 Å². The van der Waals surface area contributed by atoms with E-state index in [-0.39, 0.29) is 18.1 Å². The highest BCUT2D eigenvalue weighted by Crippen LogP contribution is 2.11. The van der Waals surface area contributed by atoms with Gasteiger partial charge >= 0.3 is 5.97 Å². The highest BCUT2D eigenvalue weighted by Gasteiger charge is 2.07. The molecule has 0 bridgehead atoms. The van der Waals surface area contributed by atoms with E-state index in [1.54, 1.807) is 37.4 Å². The van der Waals surface area contributed by atoms with Crippen LogP contribution in [0.4, 0.5) is 0 Å². The molecule has 0 radical (unpaired) electrons. The molecule has 0 spiro atoms. The lowest BCUT2D eigenvalue weighted by Gasteiger charge is -2.06. The first-order chi connectivity index (χ1) is 10.1. The highest BCUT2D eigenvalue weighted by atomic mass is 16.5. The summed E-state index contributed by atoms with van der Waals surface area (Å²) < 4.78 is 5.02. The number of rotatable bonds is 5. The van der Waals surface area contributed by atoms with Gasteiger partial charge in [0, 0.05) is 18.3 Å². The molecule has 0 atom stereocenters. The molecule has 2 rings (SSSR count). The quantitative estimate of drug-likeness (QED) is 0.873. The first kappa shape index (κ1) is 14.5. The summed E-state index contributed by atoms with van der Waals surface area (Å²) in [5.74, 6) is -0.621. The number of nitrogens with zero attached hydrogens (tertiary/aromatic N) is 1.